The molecule has 0 aliphatic carbocycles. The molecule has 0 aliphatic rings. The molecule has 0 fully saturated rings. The lowest BCUT2D eigenvalue weighted by Crippen LogP contribution is -2.21. The number of halogens is 2. The van der Waals surface area contributed by atoms with E-state index in [1.165, 1.54) is 6.07 Å². The van der Waals surface area contributed by atoms with Crippen LogP contribution in [0.4, 0.5) is 5.69 Å². The number of anilines is 1. The van der Waals surface area contributed by atoms with Crippen LogP contribution in [0.3, 0.4) is 0 Å². The summed E-state index contributed by atoms with van der Waals surface area (Å²) in [5, 5.41) is 0.245. The van der Waals surface area contributed by atoms with Crippen molar-refractivity contribution in [3.63, 3.8) is 0 Å². The zero-order chi connectivity index (χ0) is 13.8. The molecule has 1 aromatic rings. The first-order valence-corrected chi connectivity index (χ1v) is 7.67. The molecule has 0 unspecified atom stereocenters. The molecule has 0 saturated heterocycles. The molecule has 0 aromatic carbocycles. The van der Waals surface area contributed by atoms with Crippen molar-refractivity contribution >= 4 is 38.9 Å². The molecule has 0 amide bonds. The van der Waals surface area contributed by atoms with Crippen LogP contribution in [0, 0.1) is 6.92 Å². The van der Waals surface area contributed by atoms with Crippen LogP contribution in [-0.2, 0) is 14.8 Å². The van der Waals surface area contributed by atoms with Gasteiger partial charge in [-0.15, -0.1) is 0 Å². The quantitative estimate of drug-likeness (QED) is 0.647. The highest BCUT2D eigenvalue weighted by molar-refractivity contribution is 7.92. The molecule has 1 heterocycles. The predicted molar refractivity (Wildman–Crippen MR) is 72.9 cm³/mol. The standard InChI is InChI=1S/C10H14Cl2N2O3S/c1-3-17-4-5-18(15,16)14-9-7(2)6-8(11)13-10(9)12/h6,14H,3-5H2,1-2H3. The number of ether oxygens (including phenoxy) is 1. The van der Waals surface area contributed by atoms with E-state index in [-0.39, 0.29) is 28.4 Å². The summed E-state index contributed by atoms with van der Waals surface area (Å²) in [5.74, 6) is -0.140. The van der Waals surface area contributed by atoms with Gasteiger partial charge in [0, 0.05) is 6.61 Å². The van der Waals surface area contributed by atoms with Gasteiger partial charge in [0.2, 0.25) is 10.0 Å². The Balaban J connectivity index is 2.84. The van der Waals surface area contributed by atoms with Gasteiger partial charge >= 0.3 is 0 Å². The van der Waals surface area contributed by atoms with Gasteiger partial charge in [-0.2, -0.15) is 0 Å². The Bertz CT molecular complexity index is 497. The van der Waals surface area contributed by atoms with Crippen molar-refractivity contribution in [1.29, 1.82) is 0 Å². The number of aromatic nitrogens is 1. The average molecular weight is 313 g/mol. The summed E-state index contributed by atoms with van der Waals surface area (Å²) in [6.45, 7) is 4.09. The molecule has 0 aliphatic heterocycles. The van der Waals surface area contributed by atoms with E-state index in [1.807, 2.05) is 0 Å². The Morgan fingerprint density at radius 1 is 1.44 bits per heavy atom. The van der Waals surface area contributed by atoms with Gasteiger partial charge in [0.25, 0.3) is 0 Å². The van der Waals surface area contributed by atoms with Crippen LogP contribution >= 0.6 is 23.2 Å². The van der Waals surface area contributed by atoms with E-state index in [9.17, 15) is 8.42 Å². The van der Waals surface area contributed by atoms with E-state index >= 15 is 0 Å². The van der Waals surface area contributed by atoms with Crippen molar-refractivity contribution in [1.82, 2.24) is 4.98 Å². The van der Waals surface area contributed by atoms with Gasteiger partial charge in [-0.3, -0.25) is 4.72 Å². The summed E-state index contributed by atoms with van der Waals surface area (Å²) in [4.78, 5) is 3.79. The van der Waals surface area contributed by atoms with Crippen LogP contribution < -0.4 is 4.72 Å². The van der Waals surface area contributed by atoms with E-state index in [0.717, 1.165) is 0 Å². The number of nitrogens with zero attached hydrogens (tertiary/aromatic N) is 1. The first kappa shape index (κ1) is 15.5. The Morgan fingerprint density at radius 2 is 2.11 bits per heavy atom. The molecular weight excluding hydrogens is 299 g/mol. The van der Waals surface area contributed by atoms with Crippen LogP contribution in [0.5, 0.6) is 0 Å². The predicted octanol–water partition coefficient (Wildman–Crippen LogP) is 2.48. The van der Waals surface area contributed by atoms with E-state index < -0.39 is 10.0 Å². The summed E-state index contributed by atoms with van der Waals surface area (Å²) < 4.78 is 30.9. The fourth-order valence-corrected chi connectivity index (χ4v) is 2.88. The minimum atomic E-state index is -3.51. The number of pyridine rings is 1. The number of sulfonamides is 1. The summed E-state index contributed by atoms with van der Waals surface area (Å²) in [6, 6.07) is 1.54. The zero-order valence-electron chi connectivity index (χ0n) is 10.0. The summed E-state index contributed by atoms with van der Waals surface area (Å²) >= 11 is 11.6. The fraction of sp³-hybridized carbons (Fsp3) is 0.500. The maximum absolute atomic E-state index is 11.8. The third-order valence-corrected chi connectivity index (χ3v) is 3.79. The van der Waals surface area contributed by atoms with Crippen molar-refractivity contribution in [2.45, 2.75) is 13.8 Å². The Morgan fingerprint density at radius 3 is 2.67 bits per heavy atom. The highest BCUT2D eigenvalue weighted by atomic mass is 35.5. The molecule has 18 heavy (non-hydrogen) atoms. The van der Waals surface area contributed by atoms with Crippen LogP contribution in [0.25, 0.3) is 0 Å². The molecule has 0 saturated carbocycles. The lowest BCUT2D eigenvalue weighted by atomic mass is 10.3. The summed E-state index contributed by atoms with van der Waals surface area (Å²) in [5.41, 5.74) is 0.859. The highest BCUT2D eigenvalue weighted by Crippen LogP contribution is 2.27. The van der Waals surface area contributed by atoms with Crippen LogP contribution in [-0.4, -0.2) is 32.4 Å². The normalized spacial score (nSPS) is 11.6. The number of hydrogen-bond donors (Lipinski definition) is 1. The van der Waals surface area contributed by atoms with E-state index in [0.29, 0.717) is 12.2 Å². The SMILES string of the molecule is CCOCCS(=O)(=O)Nc1c(C)cc(Cl)nc1Cl. The maximum atomic E-state index is 11.8. The number of hydrogen-bond acceptors (Lipinski definition) is 4. The summed E-state index contributed by atoms with van der Waals surface area (Å²) in [7, 11) is -3.51. The molecule has 8 heteroatoms. The van der Waals surface area contributed by atoms with E-state index in [4.69, 9.17) is 27.9 Å². The van der Waals surface area contributed by atoms with Crippen molar-refractivity contribution in [3.05, 3.63) is 21.9 Å². The molecule has 0 radical (unpaired) electrons. The minimum absolute atomic E-state index is 0.0278. The minimum Gasteiger partial charge on any atom is -0.381 e. The Kier molecular flexibility index (Phi) is 5.65. The van der Waals surface area contributed by atoms with Gasteiger partial charge in [0.15, 0.2) is 5.15 Å². The molecule has 1 aromatic heterocycles. The molecule has 1 N–H and O–H groups in total. The van der Waals surface area contributed by atoms with Crippen molar-refractivity contribution in [3.8, 4) is 0 Å². The van der Waals surface area contributed by atoms with Gasteiger partial charge in [0.05, 0.1) is 18.0 Å². The van der Waals surface area contributed by atoms with Gasteiger partial charge in [-0.05, 0) is 25.5 Å². The van der Waals surface area contributed by atoms with Crippen molar-refractivity contribution in [2.24, 2.45) is 0 Å². The number of aryl methyl sites for hydroxylation is 1. The molecule has 0 spiro atoms. The zero-order valence-corrected chi connectivity index (χ0v) is 12.4. The molecule has 5 nitrogen and oxygen atoms in total. The lowest BCUT2D eigenvalue weighted by Gasteiger charge is -2.11. The second kappa shape index (κ2) is 6.56. The third kappa shape index (κ3) is 4.61. The monoisotopic (exact) mass is 312 g/mol. The molecule has 0 bridgehead atoms. The number of rotatable bonds is 6. The smallest absolute Gasteiger partial charge is 0.235 e. The lowest BCUT2D eigenvalue weighted by molar-refractivity contribution is 0.163. The number of nitrogens with one attached hydrogen (secondary N) is 1. The first-order valence-electron chi connectivity index (χ1n) is 5.26. The van der Waals surface area contributed by atoms with Crippen LogP contribution in [0.2, 0.25) is 10.3 Å². The van der Waals surface area contributed by atoms with E-state index in [1.54, 1.807) is 13.8 Å². The second-order valence-corrected chi connectivity index (χ2v) is 6.13. The highest BCUT2D eigenvalue weighted by Gasteiger charge is 2.15. The second-order valence-electron chi connectivity index (χ2n) is 3.55. The van der Waals surface area contributed by atoms with Gasteiger partial charge in [-0.25, -0.2) is 13.4 Å². The fourth-order valence-electron chi connectivity index (χ4n) is 1.24. The van der Waals surface area contributed by atoms with Crippen molar-refractivity contribution in [2.75, 3.05) is 23.7 Å². The topological polar surface area (TPSA) is 68.3 Å². The molecular formula is C10H14Cl2N2O3S. The van der Waals surface area contributed by atoms with Crippen LogP contribution in [0.15, 0.2) is 6.07 Å². The molecule has 1 rings (SSSR count). The largest absolute Gasteiger partial charge is 0.381 e. The molecule has 102 valence electrons. The third-order valence-electron chi connectivity index (χ3n) is 2.10. The van der Waals surface area contributed by atoms with Gasteiger partial charge in [0.1, 0.15) is 5.15 Å². The molecule has 0 atom stereocenters. The Hall–Kier alpha value is -0.560. The van der Waals surface area contributed by atoms with Crippen molar-refractivity contribution < 1.29 is 13.2 Å². The first-order chi connectivity index (χ1) is 8.35. The Labute approximate surface area is 117 Å². The van der Waals surface area contributed by atoms with Gasteiger partial charge < -0.3 is 4.74 Å². The maximum Gasteiger partial charge on any atom is 0.235 e. The van der Waals surface area contributed by atoms with Gasteiger partial charge in [-0.1, -0.05) is 23.2 Å². The van der Waals surface area contributed by atoms with E-state index in [2.05, 4.69) is 9.71 Å². The van der Waals surface area contributed by atoms with Crippen LogP contribution in [0.1, 0.15) is 12.5 Å². The summed E-state index contributed by atoms with van der Waals surface area (Å²) in [6.07, 6.45) is 0. The average Bonchev–Trinajstić information content (AvgIpc) is 2.23.